The van der Waals surface area contributed by atoms with Crippen molar-refractivity contribution in [2.75, 3.05) is 5.32 Å². The van der Waals surface area contributed by atoms with Gasteiger partial charge in [0.15, 0.2) is 17.7 Å². The van der Waals surface area contributed by atoms with Crippen molar-refractivity contribution in [1.82, 2.24) is 0 Å². The van der Waals surface area contributed by atoms with Crippen LogP contribution in [0.4, 0.5) is 10.1 Å². The number of hydrogen-bond acceptors (Lipinski definition) is 2. The Morgan fingerprint density at radius 3 is 2.45 bits per heavy atom. The van der Waals surface area contributed by atoms with E-state index >= 15 is 0 Å². The summed E-state index contributed by atoms with van der Waals surface area (Å²) in [5, 5.41) is 2.83. The van der Waals surface area contributed by atoms with Crippen LogP contribution in [0.3, 0.4) is 0 Å². The van der Waals surface area contributed by atoms with Gasteiger partial charge in [0.05, 0.1) is 0 Å². The number of nitrogens with one attached hydrogen (secondary N) is 1. The van der Waals surface area contributed by atoms with Gasteiger partial charge in [-0.3, -0.25) is 4.79 Å². The first-order valence-electron chi connectivity index (χ1n) is 6.87. The normalized spacial score (nSPS) is 11.9. The molecule has 0 aliphatic heterocycles. The highest BCUT2D eigenvalue weighted by atomic mass is 79.9. The monoisotopic (exact) mass is 365 g/mol. The van der Waals surface area contributed by atoms with Crippen molar-refractivity contribution in [3.63, 3.8) is 0 Å². The van der Waals surface area contributed by atoms with E-state index in [1.807, 2.05) is 32.0 Å². The number of halogens is 2. The molecule has 2 rings (SSSR count). The highest BCUT2D eigenvalue weighted by Gasteiger charge is 2.18. The summed E-state index contributed by atoms with van der Waals surface area (Å²) in [6.45, 7) is 5.43. The molecule has 0 spiro atoms. The molecule has 0 heterocycles. The van der Waals surface area contributed by atoms with Crippen LogP contribution in [0.15, 0.2) is 40.9 Å². The highest BCUT2D eigenvalue weighted by molar-refractivity contribution is 9.10. The van der Waals surface area contributed by atoms with Gasteiger partial charge in [0.2, 0.25) is 0 Å². The Morgan fingerprint density at radius 1 is 1.23 bits per heavy atom. The van der Waals surface area contributed by atoms with E-state index in [1.165, 1.54) is 12.1 Å². The number of para-hydroxylation sites is 1. The number of carbonyl (C=O) groups excluding carboxylic acids is 1. The van der Waals surface area contributed by atoms with E-state index in [2.05, 4.69) is 21.2 Å². The van der Waals surface area contributed by atoms with Gasteiger partial charge in [0.1, 0.15) is 0 Å². The molecule has 0 aliphatic carbocycles. The molecule has 0 saturated carbocycles. The first kappa shape index (κ1) is 16.5. The molecule has 3 nitrogen and oxygen atoms in total. The van der Waals surface area contributed by atoms with E-state index in [-0.39, 0.29) is 11.7 Å². The van der Waals surface area contributed by atoms with Crippen molar-refractivity contribution in [3.05, 3.63) is 57.8 Å². The van der Waals surface area contributed by atoms with Crippen LogP contribution in [0.25, 0.3) is 0 Å². The van der Waals surface area contributed by atoms with Crippen molar-refractivity contribution < 1.29 is 13.9 Å². The lowest BCUT2D eigenvalue weighted by atomic mass is 10.1. The Kier molecular flexibility index (Phi) is 5.19. The largest absolute Gasteiger partial charge is 0.478 e. The van der Waals surface area contributed by atoms with Gasteiger partial charge >= 0.3 is 0 Å². The van der Waals surface area contributed by atoms with E-state index in [0.717, 1.165) is 16.8 Å². The molecular weight excluding hydrogens is 349 g/mol. The number of aryl methyl sites for hydroxylation is 2. The molecule has 1 N–H and O–H groups in total. The zero-order valence-corrected chi connectivity index (χ0v) is 14.2. The number of rotatable bonds is 4. The van der Waals surface area contributed by atoms with Gasteiger partial charge in [-0.1, -0.05) is 34.1 Å². The van der Waals surface area contributed by atoms with E-state index in [4.69, 9.17) is 4.74 Å². The Morgan fingerprint density at radius 2 is 1.86 bits per heavy atom. The van der Waals surface area contributed by atoms with E-state index in [1.54, 1.807) is 13.0 Å². The standard InChI is InChI=1S/C17H17BrFNO2/c1-10-5-4-6-11(2)16(10)20-17(21)12(3)22-15-8-7-13(18)9-14(15)19/h4-9,12H,1-3H3,(H,20,21). The van der Waals surface area contributed by atoms with Gasteiger partial charge in [-0.05, 0) is 50.1 Å². The van der Waals surface area contributed by atoms with Gasteiger partial charge in [-0.25, -0.2) is 4.39 Å². The first-order chi connectivity index (χ1) is 10.4. The molecule has 22 heavy (non-hydrogen) atoms. The second kappa shape index (κ2) is 6.92. The second-order valence-electron chi connectivity index (χ2n) is 5.09. The average Bonchev–Trinajstić information content (AvgIpc) is 2.45. The fraction of sp³-hybridized carbons (Fsp3) is 0.235. The van der Waals surface area contributed by atoms with Crippen LogP contribution < -0.4 is 10.1 Å². The lowest BCUT2D eigenvalue weighted by Gasteiger charge is -2.17. The smallest absolute Gasteiger partial charge is 0.265 e. The molecule has 0 aromatic heterocycles. The molecule has 1 amide bonds. The average molecular weight is 366 g/mol. The van der Waals surface area contributed by atoms with E-state index < -0.39 is 11.9 Å². The lowest BCUT2D eigenvalue weighted by molar-refractivity contribution is -0.122. The summed E-state index contributed by atoms with van der Waals surface area (Å²) in [7, 11) is 0. The number of amides is 1. The predicted molar refractivity (Wildman–Crippen MR) is 88.7 cm³/mol. The Hall–Kier alpha value is -1.88. The molecule has 1 unspecified atom stereocenters. The maximum Gasteiger partial charge on any atom is 0.265 e. The van der Waals surface area contributed by atoms with Gasteiger partial charge in [-0.2, -0.15) is 0 Å². The molecule has 2 aromatic rings. The van der Waals surface area contributed by atoms with E-state index in [0.29, 0.717) is 4.47 Å². The summed E-state index contributed by atoms with van der Waals surface area (Å²) < 4.78 is 19.8. The number of hydrogen-bond donors (Lipinski definition) is 1. The summed E-state index contributed by atoms with van der Waals surface area (Å²) in [4.78, 5) is 12.2. The fourth-order valence-corrected chi connectivity index (χ4v) is 2.38. The zero-order valence-electron chi connectivity index (χ0n) is 12.6. The number of carbonyl (C=O) groups is 1. The SMILES string of the molecule is Cc1cccc(C)c1NC(=O)C(C)Oc1ccc(Br)cc1F. The van der Waals surface area contributed by atoms with Crippen LogP contribution in [-0.2, 0) is 4.79 Å². The maximum absolute atomic E-state index is 13.7. The van der Waals surface area contributed by atoms with Crippen molar-refractivity contribution in [2.24, 2.45) is 0 Å². The highest BCUT2D eigenvalue weighted by Crippen LogP contribution is 2.23. The summed E-state index contributed by atoms with van der Waals surface area (Å²) in [5.41, 5.74) is 2.70. The Balaban J connectivity index is 2.09. The van der Waals surface area contributed by atoms with Crippen LogP contribution in [0.2, 0.25) is 0 Å². The fourth-order valence-electron chi connectivity index (χ4n) is 2.05. The minimum atomic E-state index is -0.810. The van der Waals surface area contributed by atoms with Crippen LogP contribution >= 0.6 is 15.9 Å². The van der Waals surface area contributed by atoms with Gasteiger partial charge in [0, 0.05) is 10.2 Å². The van der Waals surface area contributed by atoms with E-state index in [9.17, 15) is 9.18 Å². The number of anilines is 1. The molecular formula is C17H17BrFNO2. The maximum atomic E-state index is 13.7. The van der Waals surface area contributed by atoms with Gasteiger partial charge < -0.3 is 10.1 Å². The molecule has 5 heteroatoms. The van der Waals surface area contributed by atoms with Gasteiger partial charge in [-0.15, -0.1) is 0 Å². The van der Waals surface area contributed by atoms with Crippen molar-refractivity contribution in [1.29, 1.82) is 0 Å². The van der Waals surface area contributed by atoms with Crippen LogP contribution in [0, 0.1) is 19.7 Å². The van der Waals surface area contributed by atoms with Gasteiger partial charge in [0.25, 0.3) is 5.91 Å². The molecule has 0 radical (unpaired) electrons. The van der Waals surface area contributed by atoms with Crippen molar-refractivity contribution >= 4 is 27.5 Å². The molecule has 0 aliphatic rings. The third-order valence-corrected chi connectivity index (χ3v) is 3.79. The molecule has 1 atom stereocenters. The number of ether oxygens (including phenoxy) is 1. The minimum absolute atomic E-state index is 0.0485. The number of benzene rings is 2. The predicted octanol–water partition coefficient (Wildman–Crippen LogP) is 4.61. The molecule has 0 saturated heterocycles. The summed E-state index contributed by atoms with van der Waals surface area (Å²) in [6, 6.07) is 10.2. The third kappa shape index (κ3) is 3.85. The quantitative estimate of drug-likeness (QED) is 0.858. The first-order valence-corrected chi connectivity index (χ1v) is 7.66. The molecule has 0 fully saturated rings. The molecule has 116 valence electrons. The Labute approximate surface area is 137 Å². The molecule has 2 aromatic carbocycles. The second-order valence-corrected chi connectivity index (χ2v) is 6.01. The lowest BCUT2D eigenvalue weighted by Crippen LogP contribution is -2.31. The third-order valence-electron chi connectivity index (χ3n) is 3.30. The minimum Gasteiger partial charge on any atom is -0.478 e. The Bertz CT molecular complexity index is 683. The van der Waals surface area contributed by atoms with Crippen molar-refractivity contribution in [2.45, 2.75) is 26.9 Å². The summed E-state index contributed by atoms with van der Waals surface area (Å²) >= 11 is 3.18. The summed E-state index contributed by atoms with van der Waals surface area (Å²) in [5.74, 6) is -0.784. The van der Waals surface area contributed by atoms with Crippen LogP contribution in [-0.4, -0.2) is 12.0 Å². The van der Waals surface area contributed by atoms with Crippen LogP contribution in [0.5, 0.6) is 5.75 Å². The zero-order chi connectivity index (χ0) is 16.3. The summed E-state index contributed by atoms with van der Waals surface area (Å²) in [6.07, 6.45) is -0.810. The molecule has 0 bridgehead atoms. The topological polar surface area (TPSA) is 38.3 Å². The van der Waals surface area contributed by atoms with Crippen LogP contribution in [0.1, 0.15) is 18.1 Å². The van der Waals surface area contributed by atoms with Crippen molar-refractivity contribution in [3.8, 4) is 5.75 Å².